The van der Waals surface area contributed by atoms with Crippen molar-refractivity contribution in [2.45, 2.75) is 12.6 Å². The van der Waals surface area contributed by atoms with Crippen LogP contribution in [0, 0.1) is 0 Å². The van der Waals surface area contributed by atoms with E-state index in [1.165, 1.54) is 0 Å². The Morgan fingerprint density at radius 3 is 2.37 bits per heavy atom. The first-order chi connectivity index (χ1) is 13.2. The van der Waals surface area contributed by atoms with Crippen LogP contribution in [0.25, 0.3) is 5.69 Å². The monoisotopic (exact) mass is 398 g/mol. The summed E-state index contributed by atoms with van der Waals surface area (Å²) < 4.78 is 10.2. The lowest BCUT2D eigenvalue weighted by molar-refractivity contribution is 0.183. The van der Waals surface area contributed by atoms with Gasteiger partial charge in [-0.15, -0.1) is 0 Å². The number of hydrogen-bond donors (Lipinski definition) is 0. The van der Waals surface area contributed by atoms with Crippen molar-refractivity contribution in [3.63, 3.8) is 0 Å². The molecule has 136 valence electrons. The highest BCUT2D eigenvalue weighted by Crippen LogP contribution is 2.31. The van der Waals surface area contributed by atoms with Crippen LogP contribution in [-0.4, -0.2) is 19.1 Å². The number of hydrogen-bond acceptors (Lipinski definition) is 3. The van der Waals surface area contributed by atoms with Crippen molar-refractivity contribution < 1.29 is 4.74 Å². The van der Waals surface area contributed by atoms with Gasteiger partial charge in [-0.2, -0.15) is 0 Å². The van der Waals surface area contributed by atoms with E-state index in [9.17, 15) is 0 Å². The normalized spacial score (nSPS) is 12.1. The standard InChI is InChI=1S/C20H16Cl2N4O/c21-15-1-6-18(19(22)11-15)20(12-25-9-7-23-13-25)27-17-4-2-16(3-5-17)26-10-8-24-14-26/h1-11,13-14,20H,12H2. The second-order valence-electron chi connectivity index (χ2n) is 6.00. The maximum absolute atomic E-state index is 6.42. The van der Waals surface area contributed by atoms with Crippen LogP contribution in [0.3, 0.4) is 0 Å². The molecular formula is C20H16Cl2N4O. The lowest BCUT2D eigenvalue weighted by atomic mass is 10.1. The molecule has 27 heavy (non-hydrogen) atoms. The number of ether oxygens (including phenoxy) is 1. The van der Waals surface area contributed by atoms with Gasteiger partial charge in [-0.25, -0.2) is 9.97 Å². The first kappa shape index (κ1) is 17.6. The molecule has 0 radical (unpaired) electrons. The first-order valence-corrected chi connectivity index (χ1v) is 9.10. The van der Waals surface area contributed by atoms with E-state index in [-0.39, 0.29) is 6.10 Å². The van der Waals surface area contributed by atoms with E-state index in [1.54, 1.807) is 31.1 Å². The Bertz CT molecular complexity index is 999. The zero-order valence-corrected chi connectivity index (χ0v) is 15.8. The van der Waals surface area contributed by atoms with E-state index in [2.05, 4.69) is 9.97 Å². The number of halogens is 2. The summed E-state index contributed by atoms with van der Waals surface area (Å²) in [5, 5.41) is 1.16. The van der Waals surface area contributed by atoms with Gasteiger partial charge in [0.1, 0.15) is 11.9 Å². The molecule has 0 spiro atoms. The van der Waals surface area contributed by atoms with Gasteiger partial charge in [0.05, 0.1) is 19.2 Å². The Labute approximate surface area is 166 Å². The Kier molecular flexibility index (Phi) is 5.14. The summed E-state index contributed by atoms with van der Waals surface area (Å²) in [5.41, 5.74) is 1.88. The second-order valence-corrected chi connectivity index (χ2v) is 6.84. The van der Waals surface area contributed by atoms with E-state index in [0.717, 1.165) is 17.0 Å². The molecule has 4 rings (SSSR count). The lowest BCUT2D eigenvalue weighted by Gasteiger charge is -2.21. The fraction of sp³-hybridized carbons (Fsp3) is 0.100. The summed E-state index contributed by atoms with van der Waals surface area (Å²) >= 11 is 12.5. The van der Waals surface area contributed by atoms with Gasteiger partial charge in [-0.3, -0.25) is 0 Å². The van der Waals surface area contributed by atoms with Gasteiger partial charge in [0, 0.05) is 46.1 Å². The van der Waals surface area contributed by atoms with Crippen molar-refractivity contribution in [3.8, 4) is 11.4 Å². The summed E-state index contributed by atoms with van der Waals surface area (Å²) in [5.74, 6) is 0.745. The molecular weight excluding hydrogens is 383 g/mol. The van der Waals surface area contributed by atoms with Crippen LogP contribution in [0.4, 0.5) is 0 Å². The maximum atomic E-state index is 6.42. The molecule has 0 aliphatic carbocycles. The Morgan fingerprint density at radius 1 is 0.926 bits per heavy atom. The molecule has 0 aliphatic rings. The smallest absolute Gasteiger partial charge is 0.143 e. The average molecular weight is 399 g/mol. The number of nitrogens with zero attached hydrogens (tertiary/aromatic N) is 4. The molecule has 1 atom stereocenters. The van der Waals surface area contributed by atoms with Crippen LogP contribution in [0.5, 0.6) is 5.75 Å². The van der Waals surface area contributed by atoms with Crippen LogP contribution in [0.1, 0.15) is 11.7 Å². The van der Waals surface area contributed by atoms with Gasteiger partial charge in [0.2, 0.25) is 0 Å². The van der Waals surface area contributed by atoms with Crippen molar-refractivity contribution in [1.29, 1.82) is 0 Å². The van der Waals surface area contributed by atoms with E-state index in [1.807, 2.05) is 57.9 Å². The average Bonchev–Trinajstić information content (AvgIpc) is 3.36. The predicted molar refractivity (Wildman–Crippen MR) is 106 cm³/mol. The number of rotatable bonds is 6. The molecule has 2 aromatic carbocycles. The summed E-state index contributed by atoms with van der Waals surface area (Å²) in [7, 11) is 0. The minimum Gasteiger partial charge on any atom is -0.484 e. The largest absolute Gasteiger partial charge is 0.484 e. The Morgan fingerprint density at radius 2 is 1.70 bits per heavy atom. The van der Waals surface area contributed by atoms with Crippen LogP contribution in [0.2, 0.25) is 10.0 Å². The molecule has 1 unspecified atom stereocenters. The molecule has 0 saturated heterocycles. The van der Waals surface area contributed by atoms with Gasteiger partial charge < -0.3 is 13.9 Å². The predicted octanol–water partition coefficient (Wildman–Crippen LogP) is 5.20. The van der Waals surface area contributed by atoms with Crippen molar-refractivity contribution in [3.05, 3.63) is 95.5 Å². The highest BCUT2D eigenvalue weighted by atomic mass is 35.5. The van der Waals surface area contributed by atoms with E-state index >= 15 is 0 Å². The minimum absolute atomic E-state index is 0.289. The van der Waals surface area contributed by atoms with Crippen molar-refractivity contribution in [1.82, 2.24) is 19.1 Å². The van der Waals surface area contributed by atoms with Crippen LogP contribution in [-0.2, 0) is 6.54 Å². The SMILES string of the molecule is Clc1ccc(C(Cn2ccnc2)Oc2ccc(-n3ccnc3)cc2)c(Cl)c1. The zero-order chi connectivity index (χ0) is 18.6. The van der Waals surface area contributed by atoms with Gasteiger partial charge >= 0.3 is 0 Å². The summed E-state index contributed by atoms with van der Waals surface area (Å²) in [6.07, 6.45) is 10.5. The van der Waals surface area contributed by atoms with E-state index < -0.39 is 0 Å². The molecule has 0 bridgehead atoms. The third-order valence-corrected chi connectivity index (χ3v) is 4.73. The molecule has 4 aromatic rings. The van der Waals surface area contributed by atoms with Gasteiger partial charge in [0.15, 0.2) is 0 Å². The third kappa shape index (κ3) is 4.15. The summed E-state index contributed by atoms with van der Waals surface area (Å²) in [4.78, 5) is 8.16. The van der Waals surface area contributed by atoms with E-state index in [0.29, 0.717) is 16.6 Å². The molecule has 7 heteroatoms. The molecule has 5 nitrogen and oxygen atoms in total. The Hall–Kier alpha value is -2.76. The molecule has 2 heterocycles. The quantitative estimate of drug-likeness (QED) is 0.448. The molecule has 2 aromatic heterocycles. The molecule has 0 amide bonds. The molecule has 0 fully saturated rings. The molecule has 0 N–H and O–H groups in total. The number of imidazole rings is 2. The van der Waals surface area contributed by atoms with Crippen molar-refractivity contribution in [2.24, 2.45) is 0 Å². The van der Waals surface area contributed by atoms with Crippen LogP contribution >= 0.6 is 23.2 Å². The zero-order valence-electron chi connectivity index (χ0n) is 14.2. The van der Waals surface area contributed by atoms with E-state index in [4.69, 9.17) is 27.9 Å². The van der Waals surface area contributed by atoms with Gasteiger partial charge in [0.25, 0.3) is 0 Å². The topological polar surface area (TPSA) is 44.9 Å². The Balaban J connectivity index is 1.60. The number of benzene rings is 2. The summed E-state index contributed by atoms with van der Waals surface area (Å²) in [6, 6.07) is 13.3. The lowest BCUT2D eigenvalue weighted by Crippen LogP contribution is -2.15. The maximum Gasteiger partial charge on any atom is 0.143 e. The first-order valence-electron chi connectivity index (χ1n) is 8.35. The fourth-order valence-corrected chi connectivity index (χ4v) is 3.35. The fourth-order valence-electron chi connectivity index (χ4n) is 2.82. The van der Waals surface area contributed by atoms with Gasteiger partial charge in [-0.05, 0) is 36.4 Å². The van der Waals surface area contributed by atoms with Gasteiger partial charge in [-0.1, -0.05) is 29.3 Å². The molecule has 0 aliphatic heterocycles. The third-order valence-electron chi connectivity index (χ3n) is 4.16. The molecule has 0 saturated carbocycles. The van der Waals surface area contributed by atoms with Crippen LogP contribution in [0.15, 0.2) is 79.9 Å². The second kappa shape index (κ2) is 7.86. The number of aromatic nitrogens is 4. The highest BCUT2D eigenvalue weighted by Gasteiger charge is 2.18. The summed E-state index contributed by atoms with van der Waals surface area (Å²) in [6.45, 7) is 0.574. The van der Waals surface area contributed by atoms with Crippen molar-refractivity contribution in [2.75, 3.05) is 0 Å². The highest BCUT2D eigenvalue weighted by molar-refractivity contribution is 6.35. The van der Waals surface area contributed by atoms with Crippen molar-refractivity contribution >= 4 is 23.2 Å². The minimum atomic E-state index is -0.289. The van der Waals surface area contributed by atoms with Crippen LogP contribution < -0.4 is 4.74 Å².